The first-order valence-electron chi connectivity index (χ1n) is 13.0. The molecule has 0 unspecified atom stereocenters. The highest BCUT2D eigenvalue weighted by Crippen LogP contribution is 2.35. The lowest BCUT2D eigenvalue weighted by Gasteiger charge is -2.18. The minimum Gasteiger partial charge on any atom is -0.464 e. The van der Waals surface area contributed by atoms with E-state index in [2.05, 4.69) is 71.0 Å². The second-order valence-corrected chi connectivity index (χ2v) is 10.5. The summed E-state index contributed by atoms with van der Waals surface area (Å²) >= 11 is 0. The van der Waals surface area contributed by atoms with Crippen LogP contribution in [0.5, 0.6) is 0 Å². The van der Waals surface area contributed by atoms with Gasteiger partial charge in [-0.05, 0) is 73.1 Å². The first-order chi connectivity index (χ1) is 17.6. The average Bonchev–Trinajstić information content (AvgIpc) is 3.30. The molecule has 1 saturated carbocycles. The Morgan fingerprint density at radius 3 is 2.61 bits per heavy atom. The maximum Gasteiger partial charge on any atom is 0.225 e. The van der Waals surface area contributed by atoms with E-state index in [1.54, 1.807) is 6.26 Å². The fourth-order valence-electron chi connectivity index (χ4n) is 5.68. The molecule has 2 aliphatic rings. The number of carbonyl (C=O) groups excluding carboxylic acids is 1. The summed E-state index contributed by atoms with van der Waals surface area (Å²) in [5.74, 6) is 2.12. The van der Waals surface area contributed by atoms with Gasteiger partial charge in [-0.15, -0.1) is 0 Å². The molecule has 1 atom stereocenters. The lowest BCUT2D eigenvalue weighted by Crippen LogP contribution is -2.30. The van der Waals surface area contributed by atoms with Gasteiger partial charge in [-0.2, -0.15) is 0 Å². The van der Waals surface area contributed by atoms with Crippen LogP contribution < -0.4 is 0 Å². The molecule has 5 heteroatoms. The third kappa shape index (κ3) is 3.70. The van der Waals surface area contributed by atoms with Crippen LogP contribution in [-0.4, -0.2) is 33.4 Å². The fourth-order valence-corrected chi connectivity index (χ4v) is 5.68. The van der Waals surface area contributed by atoms with Crippen molar-refractivity contribution in [1.29, 1.82) is 0 Å². The van der Waals surface area contributed by atoms with Crippen LogP contribution in [0, 0.1) is 18.8 Å². The number of hydrogen-bond acceptors (Lipinski definition) is 3. The van der Waals surface area contributed by atoms with Gasteiger partial charge in [0.05, 0.1) is 17.3 Å². The summed E-state index contributed by atoms with van der Waals surface area (Å²) in [6, 6.07) is 23.4. The van der Waals surface area contributed by atoms with Gasteiger partial charge < -0.3 is 13.9 Å². The molecule has 1 saturated heterocycles. The van der Waals surface area contributed by atoms with Crippen molar-refractivity contribution in [3.05, 3.63) is 78.6 Å². The number of likely N-dealkylation sites (tertiary alicyclic amines) is 1. The normalized spacial score (nSPS) is 17.9. The van der Waals surface area contributed by atoms with Crippen LogP contribution in [0.4, 0.5) is 0 Å². The largest absolute Gasteiger partial charge is 0.464 e. The topological polar surface area (TPSA) is 51.3 Å². The Hall–Kier alpha value is -3.86. The highest BCUT2D eigenvalue weighted by molar-refractivity contribution is 5.86. The van der Waals surface area contributed by atoms with Crippen LogP contribution in [0.1, 0.15) is 24.8 Å². The van der Waals surface area contributed by atoms with Gasteiger partial charge >= 0.3 is 0 Å². The van der Waals surface area contributed by atoms with Crippen LogP contribution in [0.2, 0.25) is 0 Å². The van der Waals surface area contributed by atoms with Crippen molar-refractivity contribution in [2.24, 2.45) is 11.8 Å². The first-order valence-corrected chi connectivity index (χ1v) is 13.0. The van der Waals surface area contributed by atoms with Gasteiger partial charge in [0.15, 0.2) is 0 Å². The number of amides is 1. The Bertz CT molecular complexity index is 1590. The molecule has 3 aromatic carbocycles. The van der Waals surface area contributed by atoms with E-state index in [1.165, 1.54) is 22.2 Å². The van der Waals surface area contributed by atoms with E-state index >= 15 is 0 Å². The minimum absolute atomic E-state index is 0.295. The predicted molar refractivity (Wildman–Crippen MR) is 143 cm³/mol. The van der Waals surface area contributed by atoms with Gasteiger partial charge in [0, 0.05) is 36.5 Å². The van der Waals surface area contributed by atoms with Crippen molar-refractivity contribution in [1.82, 2.24) is 14.5 Å². The Balaban J connectivity index is 1.22. The smallest absolute Gasteiger partial charge is 0.225 e. The molecular weight excluding hydrogens is 446 g/mol. The fraction of sp³-hybridized carbons (Fsp3) is 0.290. The molecule has 1 aliphatic carbocycles. The number of rotatable bonds is 5. The summed E-state index contributed by atoms with van der Waals surface area (Å²) in [5, 5.41) is 1.11. The molecule has 1 amide bonds. The number of para-hydroxylation sites is 1. The summed E-state index contributed by atoms with van der Waals surface area (Å²) in [6.07, 6.45) is 4.93. The van der Waals surface area contributed by atoms with Crippen molar-refractivity contribution in [3.63, 3.8) is 0 Å². The standard InChI is InChI=1S/C31H29N3O2/c1-20-3-2-4-27-29(20)32-30(34(27)19-21-13-15-33(18-21)31(35)24-9-10-24)23-7-5-22(6-8-23)25-11-12-28-26(17-25)14-16-36-28/h2-8,11-12,14,16-17,21,24H,9-10,13,15,18-19H2,1H3/t21-/m0/s1. The molecule has 2 aromatic heterocycles. The van der Waals surface area contributed by atoms with Gasteiger partial charge in [0.2, 0.25) is 5.91 Å². The Kier molecular flexibility index (Phi) is 4.98. The number of furan rings is 1. The molecule has 36 heavy (non-hydrogen) atoms. The molecule has 5 aromatic rings. The van der Waals surface area contributed by atoms with Crippen molar-refractivity contribution in [2.45, 2.75) is 32.7 Å². The zero-order chi connectivity index (χ0) is 24.2. The molecule has 0 bridgehead atoms. The number of imidazole rings is 1. The number of nitrogens with zero attached hydrogens (tertiary/aromatic N) is 3. The quantitative estimate of drug-likeness (QED) is 0.285. The van der Waals surface area contributed by atoms with E-state index in [9.17, 15) is 4.79 Å². The molecule has 0 N–H and O–H groups in total. The first kappa shape index (κ1) is 21.4. The van der Waals surface area contributed by atoms with E-state index in [1.807, 2.05) is 12.1 Å². The van der Waals surface area contributed by atoms with Crippen molar-refractivity contribution >= 4 is 27.9 Å². The van der Waals surface area contributed by atoms with E-state index in [0.717, 1.165) is 66.8 Å². The molecule has 2 fully saturated rings. The zero-order valence-electron chi connectivity index (χ0n) is 20.5. The monoisotopic (exact) mass is 475 g/mol. The number of hydrogen-bond donors (Lipinski definition) is 0. The third-order valence-corrected chi connectivity index (χ3v) is 7.87. The Labute approximate surface area is 210 Å². The van der Waals surface area contributed by atoms with E-state index in [0.29, 0.717) is 17.7 Å². The van der Waals surface area contributed by atoms with E-state index < -0.39 is 0 Å². The van der Waals surface area contributed by atoms with E-state index in [4.69, 9.17) is 9.40 Å². The summed E-state index contributed by atoms with van der Waals surface area (Å²) in [4.78, 5) is 19.8. The lowest BCUT2D eigenvalue weighted by molar-refractivity contribution is -0.131. The Morgan fingerprint density at radius 1 is 0.972 bits per heavy atom. The van der Waals surface area contributed by atoms with Crippen LogP contribution in [0.3, 0.4) is 0 Å². The SMILES string of the molecule is Cc1cccc2c1nc(-c1ccc(-c3ccc4occc4c3)cc1)n2C[C@H]1CCN(C(=O)C2CC2)C1. The summed E-state index contributed by atoms with van der Waals surface area (Å²) in [5.41, 5.74) is 7.79. The van der Waals surface area contributed by atoms with Gasteiger partial charge in [-0.25, -0.2) is 4.98 Å². The molecule has 7 rings (SSSR count). The maximum absolute atomic E-state index is 12.6. The lowest BCUT2D eigenvalue weighted by atomic mass is 10.0. The highest BCUT2D eigenvalue weighted by atomic mass is 16.3. The van der Waals surface area contributed by atoms with Crippen LogP contribution in [0.15, 0.2) is 77.4 Å². The third-order valence-electron chi connectivity index (χ3n) is 7.87. The molecule has 0 radical (unpaired) electrons. The number of aryl methyl sites for hydroxylation is 1. The summed E-state index contributed by atoms with van der Waals surface area (Å²) in [6.45, 7) is 4.75. The highest BCUT2D eigenvalue weighted by Gasteiger charge is 2.36. The molecule has 5 nitrogen and oxygen atoms in total. The van der Waals surface area contributed by atoms with Crippen molar-refractivity contribution in [3.8, 4) is 22.5 Å². The summed E-state index contributed by atoms with van der Waals surface area (Å²) in [7, 11) is 0. The predicted octanol–water partition coefficient (Wildman–Crippen LogP) is 6.68. The molecule has 180 valence electrons. The zero-order valence-corrected chi connectivity index (χ0v) is 20.5. The summed E-state index contributed by atoms with van der Waals surface area (Å²) < 4.78 is 7.87. The minimum atomic E-state index is 0.295. The number of benzene rings is 3. The molecule has 0 spiro atoms. The Morgan fingerprint density at radius 2 is 1.78 bits per heavy atom. The second kappa shape index (κ2) is 8.37. The number of carbonyl (C=O) groups is 1. The van der Waals surface area contributed by atoms with Crippen LogP contribution in [0.25, 0.3) is 44.5 Å². The van der Waals surface area contributed by atoms with Gasteiger partial charge in [0.25, 0.3) is 0 Å². The van der Waals surface area contributed by atoms with Gasteiger partial charge in [-0.3, -0.25) is 4.79 Å². The van der Waals surface area contributed by atoms with E-state index in [-0.39, 0.29) is 0 Å². The maximum atomic E-state index is 12.6. The van der Waals surface area contributed by atoms with Gasteiger partial charge in [-0.1, -0.05) is 42.5 Å². The van der Waals surface area contributed by atoms with Crippen molar-refractivity contribution in [2.75, 3.05) is 13.1 Å². The molecule has 1 aliphatic heterocycles. The molecular formula is C31H29N3O2. The van der Waals surface area contributed by atoms with Crippen molar-refractivity contribution < 1.29 is 9.21 Å². The average molecular weight is 476 g/mol. The van der Waals surface area contributed by atoms with Crippen LogP contribution in [-0.2, 0) is 11.3 Å². The van der Waals surface area contributed by atoms with Gasteiger partial charge in [0.1, 0.15) is 11.4 Å². The number of aromatic nitrogens is 2. The number of fused-ring (bicyclic) bond motifs is 2. The van der Waals surface area contributed by atoms with Crippen LogP contribution >= 0.6 is 0 Å². The second-order valence-electron chi connectivity index (χ2n) is 10.5. The molecule has 3 heterocycles.